The van der Waals surface area contributed by atoms with E-state index >= 15 is 0 Å². The van der Waals surface area contributed by atoms with Crippen LogP contribution in [0.25, 0.3) is 10.9 Å². The van der Waals surface area contributed by atoms with Gasteiger partial charge in [0.05, 0.1) is 26.4 Å². The van der Waals surface area contributed by atoms with Gasteiger partial charge in [0.15, 0.2) is 0 Å². The highest BCUT2D eigenvalue weighted by atomic mass is 16.5. The predicted octanol–water partition coefficient (Wildman–Crippen LogP) is 4.24. The number of methoxy groups -OCH3 is 2. The molecule has 0 N–H and O–H groups in total. The number of carbonyl (C=O) groups is 1. The minimum Gasteiger partial charge on any atom is -0.497 e. The van der Waals surface area contributed by atoms with Crippen LogP contribution in [0.5, 0.6) is 11.5 Å². The van der Waals surface area contributed by atoms with Crippen LogP contribution in [-0.2, 0) is 31.3 Å². The first-order valence-corrected chi connectivity index (χ1v) is 10.7. The number of esters is 1. The molecule has 0 fully saturated rings. The second kappa shape index (κ2) is 8.63. The number of hydrogen-bond acceptors (Lipinski definition) is 5. The van der Waals surface area contributed by atoms with Gasteiger partial charge in [-0.3, -0.25) is 4.90 Å². The van der Waals surface area contributed by atoms with Crippen molar-refractivity contribution in [1.82, 2.24) is 9.47 Å². The predicted molar refractivity (Wildman–Crippen MR) is 121 cm³/mol. The SMILES string of the molecule is CCOC(=O)c1c(C)n(C)c2ccc(OC)c(CN3CCc4cc(OC)ccc4C3)c12. The maximum absolute atomic E-state index is 12.9. The van der Waals surface area contributed by atoms with Crippen LogP contribution in [0, 0.1) is 6.92 Å². The van der Waals surface area contributed by atoms with Crippen molar-refractivity contribution in [1.29, 1.82) is 0 Å². The summed E-state index contributed by atoms with van der Waals surface area (Å²) >= 11 is 0. The van der Waals surface area contributed by atoms with Crippen LogP contribution in [0.3, 0.4) is 0 Å². The first-order chi connectivity index (χ1) is 15.0. The van der Waals surface area contributed by atoms with Crippen molar-refractivity contribution in [3.63, 3.8) is 0 Å². The van der Waals surface area contributed by atoms with Gasteiger partial charge in [-0.05, 0) is 55.7 Å². The van der Waals surface area contributed by atoms with Gasteiger partial charge in [-0.25, -0.2) is 4.79 Å². The van der Waals surface area contributed by atoms with Crippen LogP contribution in [0.2, 0.25) is 0 Å². The number of ether oxygens (including phenoxy) is 3. The smallest absolute Gasteiger partial charge is 0.340 e. The fourth-order valence-corrected chi connectivity index (χ4v) is 4.58. The molecule has 3 aromatic rings. The zero-order valence-electron chi connectivity index (χ0n) is 18.9. The fraction of sp³-hybridized carbons (Fsp3) is 0.400. The Balaban J connectivity index is 1.76. The summed E-state index contributed by atoms with van der Waals surface area (Å²) in [5, 5.41) is 0.929. The molecule has 1 aliphatic heterocycles. The first kappa shape index (κ1) is 21.2. The molecule has 164 valence electrons. The van der Waals surface area contributed by atoms with Gasteiger partial charge in [-0.2, -0.15) is 0 Å². The molecule has 2 aromatic carbocycles. The lowest BCUT2D eigenvalue weighted by atomic mass is 9.97. The van der Waals surface area contributed by atoms with Crippen LogP contribution < -0.4 is 9.47 Å². The maximum Gasteiger partial charge on any atom is 0.340 e. The third-order valence-corrected chi connectivity index (χ3v) is 6.31. The largest absolute Gasteiger partial charge is 0.497 e. The Kier molecular flexibility index (Phi) is 5.92. The number of fused-ring (bicyclic) bond motifs is 2. The Morgan fingerprint density at radius 2 is 1.90 bits per heavy atom. The molecule has 0 aliphatic carbocycles. The number of aryl methyl sites for hydroxylation is 1. The molecule has 4 rings (SSSR count). The number of nitrogens with zero attached hydrogens (tertiary/aromatic N) is 2. The normalized spacial score (nSPS) is 13.8. The van der Waals surface area contributed by atoms with Crippen molar-refractivity contribution in [2.75, 3.05) is 27.4 Å². The van der Waals surface area contributed by atoms with E-state index in [9.17, 15) is 4.79 Å². The molecule has 31 heavy (non-hydrogen) atoms. The summed E-state index contributed by atoms with van der Waals surface area (Å²) in [5.74, 6) is 1.41. The monoisotopic (exact) mass is 422 g/mol. The number of benzene rings is 2. The molecule has 1 aliphatic rings. The van der Waals surface area contributed by atoms with E-state index in [0.717, 1.165) is 53.2 Å². The molecule has 0 amide bonds. The standard InChI is InChI=1S/C25H30N2O4/c1-6-31-25(28)23-16(2)26(3)21-9-10-22(30-5)20(24(21)23)15-27-12-11-17-13-19(29-4)8-7-18(17)14-27/h7-10,13H,6,11-12,14-15H2,1-5H3. The van der Waals surface area contributed by atoms with Gasteiger partial charge in [-0.1, -0.05) is 6.07 Å². The van der Waals surface area contributed by atoms with E-state index in [1.807, 2.05) is 39.1 Å². The Bertz CT molecular complexity index is 1130. The van der Waals surface area contributed by atoms with Crippen molar-refractivity contribution >= 4 is 16.9 Å². The lowest BCUT2D eigenvalue weighted by molar-refractivity contribution is 0.0527. The minimum atomic E-state index is -0.281. The summed E-state index contributed by atoms with van der Waals surface area (Å²) in [6, 6.07) is 10.3. The van der Waals surface area contributed by atoms with E-state index in [2.05, 4.69) is 21.6 Å². The molecule has 6 nitrogen and oxygen atoms in total. The van der Waals surface area contributed by atoms with Crippen molar-refractivity contribution in [3.8, 4) is 11.5 Å². The summed E-state index contributed by atoms with van der Waals surface area (Å²) < 4.78 is 18.6. The van der Waals surface area contributed by atoms with Gasteiger partial charge in [0.2, 0.25) is 0 Å². The van der Waals surface area contributed by atoms with Crippen LogP contribution in [0.15, 0.2) is 30.3 Å². The number of aromatic nitrogens is 1. The number of hydrogen-bond donors (Lipinski definition) is 0. The minimum absolute atomic E-state index is 0.281. The summed E-state index contributed by atoms with van der Waals surface area (Å²) in [7, 11) is 5.37. The van der Waals surface area contributed by atoms with Crippen LogP contribution in [0.1, 0.15) is 39.7 Å². The average molecular weight is 423 g/mol. The van der Waals surface area contributed by atoms with Gasteiger partial charge >= 0.3 is 5.97 Å². The van der Waals surface area contributed by atoms with Gasteiger partial charge in [0.1, 0.15) is 11.5 Å². The van der Waals surface area contributed by atoms with Crippen LogP contribution >= 0.6 is 0 Å². The molecule has 0 atom stereocenters. The topological polar surface area (TPSA) is 52.9 Å². The van der Waals surface area contributed by atoms with E-state index in [4.69, 9.17) is 14.2 Å². The van der Waals surface area contributed by atoms with Crippen molar-refractivity contribution in [2.24, 2.45) is 7.05 Å². The van der Waals surface area contributed by atoms with E-state index in [0.29, 0.717) is 18.7 Å². The molecule has 0 spiro atoms. The Hall–Kier alpha value is -2.99. The van der Waals surface area contributed by atoms with E-state index in [1.54, 1.807) is 14.2 Å². The Morgan fingerprint density at radius 3 is 2.61 bits per heavy atom. The third-order valence-electron chi connectivity index (χ3n) is 6.31. The Morgan fingerprint density at radius 1 is 1.10 bits per heavy atom. The number of rotatable bonds is 6. The second-order valence-electron chi connectivity index (χ2n) is 7.98. The highest BCUT2D eigenvalue weighted by Crippen LogP contribution is 2.36. The highest BCUT2D eigenvalue weighted by molar-refractivity contribution is 6.08. The first-order valence-electron chi connectivity index (χ1n) is 10.7. The second-order valence-corrected chi connectivity index (χ2v) is 7.98. The average Bonchev–Trinajstić information content (AvgIpc) is 3.04. The lowest BCUT2D eigenvalue weighted by Gasteiger charge is -2.30. The zero-order chi connectivity index (χ0) is 22.1. The van der Waals surface area contributed by atoms with Gasteiger partial charge in [-0.15, -0.1) is 0 Å². The lowest BCUT2D eigenvalue weighted by Crippen LogP contribution is -2.30. The molecule has 1 aromatic heterocycles. The molecular formula is C25H30N2O4. The van der Waals surface area contributed by atoms with E-state index in [1.165, 1.54) is 11.1 Å². The molecule has 0 unspecified atom stereocenters. The van der Waals surface area contributed by atoms with Crippen LogP contribution in [0.4, 0.5) is 0 Å². The molecular weight excluding hydrogens is 392 g/mol. The van der Waals surface area contributed by atoms with E-state index in [-0.39, 0.29) is 5.97 Å². The van der Waals surface area contributed by atoms with Crippen molar-refractivity contribution in [3.05, 3.63) is 58.3 Å². The number of carbonyl (C=O) groups excluding carboxylic acids is 1. The summed E-state index contributed by atoms with van der Waals surface area (Å²) in [6.45, 7) is 6.62. The maximum atomic E-state index is 12.9. The van der Waals surface area contributed by atoms with Gasteiger partial charge < -0.3 is 18.8 Å². The fourth-order valence-electron chi connectivity index (χ4n) is 4.58. The quantitative estimate of drug-likeness (QED) is 0.556. The van der Waals surface area contributed by atoms with Gasteiger partial charge in [0.25, 0.3) is 0 Å². The van der Waals surface area contributed by atoms with Gasteiger partial charge in [0, 0.05) is 48.8 Å². The van der Waals surface area contributed by atoms with Crippen molar-refractivity contribution in [2.45, 2.75) is 33.4 Å². The third kappa shape index (κ3) is 3.76. The summed E-state index contributed by atoms with van der Waals surface area (Å²) in [4.78, 5) is 15.3. The zero-order valence-corrected chi connectivity index (χ0v) is 18.9. The van der Waals surface area contributed by atoms with E-state index < -0.39 is 0 Å². The summed E-state index contributed by atoms with van der Waals surface area (Å²) in [5.41, 5.74) is 6.23. The van der Waals surface area contributed by atoms with Crippen molar-refractivity contribution < 1.29 is 19.0 Å². The highest BCUT2D eigenvalue weighted by Gasteiger charge is 2.26. The molecule has 2 heterocycles. The molecule has 0 bridgehead atoms. The Labute approximate surface area is 183 Å². The molecule has 0 radical (unpaired) electrons. The van der Waals surface area contributed by atoms with Crippen LogP contribution in [-0.4, -0.2) is 42.8 Å². The molecule has 0 saturated carbocycles. The molecule has 0 saturated heterocycles. The molecule has 6 heteroatoms. The summed E-state index contributed by atoms with van der Waals surface area (Å²) in [6.07, 6.45) is 0.962.